The van der Waals surface area contributed by atoms with Gasteiger partial charge in [0.2, 0.25) is 0 Å². The van der Waals surface area contributed by atoms with Crippen molar-refractivity contribution in [2.24, 2.45) is 0 Å². The summed E-state index contributed by atoms with van der Waals surface area (Å²) < 4.78 is 5.61. The summed E-state index contributed by atoms with van der Waals surface area (Å²) in [7, 11) is 4.00. The molecule has 180 valence electrons. The normalized spacial score (nSPS) is 11.1. The standard InChI is InChI=1S/C27H30N6O2/c1-5-13-33(15-14-32(3)4)27(34)23-16-21(11-12-28-23)24-18-29-19(2)26(30-24)25-17-22(31-35-25)20-9-7-6-8-10-20/h6-12,16-18H,5,13-15H2,1-4H3. The van der Waals surface area contributed by atoms with Gasteiger partial charge in [0.1, 0.15) is 17.1 Å². The molecule has 0 saturated carbocycles. The molecule has 0 aliphatic rings. The van der Waals surface area contributed by atoms with Gasteiger partial charge in [0.15, 0.2) is 5.76 Å². The summed E-state index contributed by atoms with van der Waals surface area (Å²) >= 11 is 0. The molecule has 0 bridgehead atoms. The number of hydrogen-bond acceptors (Lipinski definition) is 7. The third-order valence-corrected chi connectivity index (χ3v) is 5.64. The predicted molar refractivity (Wildman–Crippen MR) is 136 cm³/mol. The number of hydrogen-bond donors (Lipinski definition) is 0. The van der Waals surface area contributed by atoms with Crippen LogP contribution in [0.25, 0.3) is 34.0 Å². The first-order valence-electron chi connectivity index (χ1n) is 11.7. The fourth-order valence-corrected chi connectivity index (χ4v) is 3.73. The molecule has 8 heteroatoms. The Morgan fingerprint density at radius 2 is 1.74 bits per heavy atom. The van der Waals surface area contributed by atoms with Crippen LogP contribution < -0.4 is 0 Å². The van der Waals surface area contributed by atoms with Gasteiger partial charge in [-0.3, -0.25) is 14.8 Å². The Bertz CT molecular complexity index is 1290. The van der Waals surface area contributed by atoms with E-state index in [1.54, 1.807) is 18.5 Å². The Kier molecular flexibility index (Phi) is 7.62. The summed E-state index contributed by atoms with van der Waals surface area (Å²) in [5.74, 6) is 0.456. The Balaban J connectivity index is 1.62. The minimum atomic E-state index is -0.0846. The molecule has 0 aliphatic heterocycles. The number of aryl methyl sites for hydroxylation is 1. The fourth-order valence-electron chi connectivity index (χ4n) is 3.73. The molecule has 3 aromatic heterocycles. The van der Waals surface area contributed by atoms with E-state index < -0.39 is 0 Å². The number of benzene rings is 1. The first-order chi connectivity index (χ1) is 17.0. The molecule has 35 heavy (non-hydrogen) atoms. The second-order valence-corrected chi connectivity index (χ2v) is 8.66. The van der Waals surface area contributed by atoms with Crippen LogP contribution in [-0.4, -0.2) is 69.5 Å². The molecule has 8 nitrogen and oxygen atoms in total. The maximum Gasteiger partial charge on any atom is 0.272 e. The van der Waals surface area contributed by atoms with Crippen LogP contribution in [0.1, 0.15) is 29.5 Å². The van der Waals surface area contributed by atoms with E-state index in [9.17, 15) is 4.79 Å². The second kappa shape index (κ2) is 11.0. The smallest absolute Gasteiger partial charge is 0.272 e. The number of likely N-dealkylation sites (N-methyl/N-ethyl adjacent to an activating group) is 1. The Morgan fingerprint density at radius 1 is 0.943 bits per heavy atom. The number of pyridine rings is 1. The van der Waals surface area contributed by atoms with Gasteiger partial charge in [-0.25, -0.2) is 4.98 Å². The highest BCUT2D eigenvalue weighted by atomic mass is 16.5. The molecule has 0 fully saturated rings. The fraction of sp³-hybridized carbons (Fsp3) is 0.296. The van der Waals surface area contributed by atoms with Crippen molar-refractivity contribution < 1.29 is 9.32 Å². The number of amides is 1. The van der Waals surface area contributed by atoms with Crippen LogP contribution in [0, 0.1) is 6.92 Å². The highest BCUT2D eigenvalue weighted by molar-refractivity contribution is 5.93. The van der Waals surface area contributed by atoms with Crippen molar-refractivity contribution in [3.8, 4) is 34.0 Å². The molecule has 4 rings (SSSR count). The van der Waals surface area contributed by atoms with Gasteiger partial charge in [0.25, 0.3) is 5.91 Å². The summed E-state index contributed by atoms with van der Waals surface area (Å²) in [6.45, 7) is 6.07. The average molecular weight is 471 g/mol. The van der Waals surface area contributed by atoms with Crippen molar-refractivity contribution in [2.75, 3.05) is 33.7 Å². The lowest BCUT2D eigenvalue weighted by molar-refractivity contribution is 0.0739. The average Bonchev–Trinajstić information content (AvgIpc) is 3.37. The van der Waals surface area contributed by atoms with Crippen molar-refractivity contribution in [2.45, 2.75) is 20.3 Å². The topological polar surface area (TPSA) is 88.2 Å². The molecule has 0 aliphatic carbocycles. The van der Waals surface area contributed by atoms with Crippen LogP contribution in [0.2, 0.25) is 0 Å². The Morgan fingerprint density at radius 3 is 2.49 bits per heavy atom. The second-order valence-electron chi connectivity index (χ2n) is 8.66. The number of nitrogens with zero attached hydrogens (tertiary/aromatic N) is 6. The lowest BCUT2D eigenvalue weighted by Crippen LogP contribution is -2.37. The van der Waals surface area contributed by atoms with Crippen molar-refractivity contribution in [3.63, 3.8) is 0 Å². The molecule has 0 N–H and O–H groups in total. The van der Waals surface area contributed by atoms with Gasteiger partial charge in [0, 0.05) is 43.0 Å². The minimum Gasteiger partial charge on any atom is -0.354 e. The zero-order chi connectivity index (χ0) is 24.8. The molecule has 4 aromatic rings. The zero-order valence-electron chi connectivity index (χ0n) is 20.6. The van der Waals surface area contributed by atoms with E-state index in [1.165, 1.54) is 0 Å². The van der Waals surface area contributed by atoms with E-state index >= 15 is 0 Å². The van der Waals surface area contributed by atoms with E-state index in [0.29, 0.717) is 35.9 Å². The van der Waals surface area contributed by atoms with Gasteiger partial charge >= 0.3 is 0 Å². The number of rotatable bonds is 9. The first-order valence-corrected chi connectivity index (χ1v) is 11.7. The highest BCUT2D eigenvalue weighted by Crippen LogP contribution is 2.28. The quantitative estimate of drug-likeness (QED) is 0.354. The van der Waals surface area contributed by atoms with Crippen LogP contribution >= 0.6 is 0 Å². The number of aromatic nitrogens is 4. The summed E-state index contributed by atoms with van der Waals surface area (Å²) in [6.07, 6.45) is 4.22. The zero-order valence-corrected chi connectivity index (χ0v) is 20.6. The van der Waals surface area contributed by atoms with Crippen molar-refractivity contribution in [1.82, 2.24) is 29.9 Å². The maximum atomic E-state index is 13.2. The SMILES string of the molecule is CCCN(CCN(C)C)C(=O)c1cc(-c2cnc(C)c(-c3cc(-c4ccccc4)no3)n2)ccn1. The molecule has 3 heterocycles. The van der Waals surface area contributed by atoms with Gasteiger partial charge < -0.3 is 14.3 Å². The molecular formula is C27H30N6O2. The monoisotopic (exact) mass is 470 g/mol. The lowest BCUT2D eigenvalue weighted by atomic mass is 10.1. The van der Waals surface area contributed by atoms with E-state index in [0.717, 1.165) is 35.5 Å². The van der Waals surface area contributed by atoms with Crippen LogP contribution in [0.3, 0.4) is 0 Å². The molecule has 1 amide bonds. The van der Waals surface area contributed by atoms with E-state index in [1.807, 2.05) is 68.4 Å². The molecule has 0 spiro atoms. The predicted octanol–water partition coefficient (Wildman–Crippen LogP) is 4.58. The summed E-state index contributed by atoms with van der Waals surface area (Å²) in [5.41, 5.74) is 4.84. The molecule has 1 aromatic carbocycles. The van der Waals surface area contributed by atoms with Gasteiger partial charge in [-0.1, -0.05) is 42.4 Å². The number of carbonyl (C=O) groups is 1. The minimum absolute atomic E-state index is 0.0846. The van der Waals surface area contributed by atoms with Crippen LogP contribution in [0.15, 0.2) is 65.4 Å². The van der Waals surface area contributed by atoms with Gasteiger partial charge in [-0.05, 0) is 39.6 Å². The summed E-state index contributed by atoms with van der Waals surface area (Å²) in [5, 5.41) is 4.20. The largest absolute Gasteiger partial charge is 0.354 e. The molecule has 0 radical (unpaired) electrons. The molecule has 0 saturated heterocycles. The third kappa shape index (κ3) is 5.78. The number of carbonyl (C=O) groups excluding carboxylic acids is 1. The Hall–Kier alpha value is -3.91. The van der Waals surface area contributed by atoms with Crippen LogP contribution in [0.5, 0.6) is 0 Å². The summed E-state index contributed by atoms with van der Waals surface area (Å²) in [4.78, 5) is 30.8. The molecule has 0 atom stereocenters. The van der Waals surface area contributed by atoms with E-state index in [4.69, 9.17) is 9.51 Å². The Labute approximate surface area is 205 Å². The van der Waals surface area contributed by atoms with Gasteiger partial charge in [-0.15, -0.1) is 0 Å². The lowest BCUT2D eigenvalue weighted by Gasteiger charge is -2.23. The van der Waals surface area contributed by atoms with Crippen LogP contribution in [0.4, 0.5) is 0 Å². The van der Waals surface area contributed by atoms with Crippen LogP contribution in [-0.2, 0) is 0 Å². The van der Waals surface area contributed by atoms with Gasteiger partial charge in [-0.2, -0.15) is 0 Å². The van der Waals surface area contributed by atoms with E-state index in [-0.39, 0.29) is 5.91 Å². The van der Waals surface area contributed by atoms with Crippen molar-refractivity contribution >= 4 is 5.91 Å². The van der Waals surface area contributed by atoms with Crippen molar-refractivity contribution in [1.29, 1.82) is 0 Å². The highest BCUT2D eigenvalue weighted by Gasteiger charge is 2.19. The third-order valence-electron chi connectivity index (χ3n) is 5.64. The first kappa shape index (κ1) is 24.2. The maximum absolute atomic E-state index is 13.2. The van der Waals surface area contributed by atoms with Gasteiger partial charge in [0.05, 0.1) is 17.6 Å². The summed E-state index contributed by atoms with van der Waals surface area (Å²) in [6, 6.07) is 15.3. The molecular weight excluding hydrogens is 440 g/mol. The van der Waals surface area contributed by atoms with E-state index in [2.05, 4.69) is 26.9 Å². The van der Waals surface area contributed by atoms with Crippen molar-refractivity contribution in [3.05, 3.63) is 72.3 Å². The molecule has 0 unspecified atom stereocenters.